The van der Waals surface area contributed by atoms with Crippen molar-refractivity contribution in [1.29, 1.82) is 0 Å². The first kappa shape index (κ1) is 29.0. The van der Waals surface area contributed by atoms with Crippen LogP contribution in [0.3, 0.4) is 0 Å². The molecule has 2 aromatic rings. The zero-order valence-corrected chi connectivity index (χ0v) is 24.9. The van der Waals surface area contributed by atoms with Gasteiger partial charge in [0, 0.05) is 11.7 Å². The Hall–Kier alpha value is -1.14. The van der Waals surface area contributed by atoms with Gasteiger partial charge in [0.05, 0.1) is 12.4 Å². The van der Waals surface area contributed by atoms with Gasteiger partial charge in [-0.3, -0.25) is 13.7 Å². The van der Waals surface area contributed by atoms with E-state index in [2.05, 4.69) is 34.1 Å². The first-order valence-corrected chi connectivity index (χ1v) is 17.7. The minimum atomic E-state index is -4.70. The molecule has 0 radical (unpaired) electrons. The Kier molecular flexibility index (Phi) is 6.83. The number of anilines is 1. The van der Waals surface area contributed by atoms with E-state index in [1.807, 2.05) is 0 Å². The fourth-order valence-electron chi connectivity index (χ4n) is 8.89. The van der Waals surface area contributed by atoms with E-state index in [4.69, 9.17) is 26.1 Å². The van der Waals surface area contributed by atoms with Crippen LogP contribution in [-0.4, -0.2) is 80.3 Å². The van der Waals surface area contributed by atoms with Crippen molar-refractivity contribution in [3.8, 4) is 0 Å². The average molecular weight is 620 g/mol. The van der Waals surface area contributed by atoms with Crippen LogP contribution in [0.1, 0.15) is 65.0 Å². The molecule has 9 atom stereocenters. The summed E-state index contributed by atoms with van der Waals surface area (Å²) in [5, 5.41) is 25.1. The fraction of sp³-hybridized carbons (Fsp3) is 0.792. The first-order chi connectivity index (χ1) is 18.5. The number of rotatable bonds is 8. The van der Waals surface area contributed by atoms with Gasteiger partial charge in [-0.15, -0.1) is 0 Å². The highest BCUT2D eigenvalue weighted by molar-refractivity contribution is 7.72. The summed E-state index contributed by atoms with van der Waals surface area (Å²) in [6, 6.07) is 0. The van der Waals surface area contributed by atoms with E-state index in [1.54, 1.807) is 0 Å². The standard InChI is InChI=1S/C24H36ClN5O8P2/c1-22-5-13-6-23(2,8-22)10-24(7-13,9-22)29-18-15-19(28-21(25)27-18)30(11-26-15)20-17(32)16(31)14(38-20)3-4-39(33,34)12-40(35,36)37/h11,13-14,16-17,20,31-32H,3-10,12H2,1-2H3,(H,33,34)(H,27,28,29)(H2,35,36,37)/t13?,14-,16+,17+,20-,22-,23+,24?/m1/s1. The van der Waals surface area contributed by atoms with Crippen LogP contribution in [-0.2, 0) is 13.9 Å². The quantitative estimate of drug-likeness (QED) is 0.187. The van der Waals surface area contributed by atoms with Gasteiger partial charge in [-0.2, -0.15) is 9.97 Å². The second-order valence-corrected chi connectivity index (χ2v) is 18.4. The lowest BCUT2D eigenvalue weighted by molar-refractivity contribution is -0.0973. The minimum absolute atomic E-state index is 0.0119. The number of nitrogens with one attached hydrogen (secondary N) is 1. The number of aromatic nitrogens is 4. The predicted molar refractivity (Wildman–Crippen MR) is 146 cm³/mol. The van der Waals surface area contributed by atoms with Gasteiger partial charge in [0.25, 0.3) is 0 Å². The van der Waals surface area contributed by atoms with E-state index in [0.29, 0.717) is 22.9 Å². The Balaban J connectivity index is 1.25. The molecule has 40 heavy (non-hydrogen) atoms. The lowest BCUT2D eigenvalue weighted by Gasteiger charge is -2.65. The van der Waals surface area contributed by atoms with Crippen LogP contribution in [0, 0.1) is 16.7 Å². The molecule has 7 rings (SSSR count). The van der Waals surface area contributed by atoms with Crippen LogP contribution in [0.2, 0.25) is 5.28 Å². The molecule has 222 valence electrons. The number of nitrogens with zero attached hydrogens (tertiary/aromatic N) is 4. The van der Waals surface area contributed by atoms with Crippen molar-refractivity contribution in [2.45, 2.75) is 88.9 Å². The number of halogens is 1. The van der Waals surface area contributed by atoms with E-state index in [0.717, 1.165) is 19.3 Å². The van der Waals surface area contributed by atoms with Gasteiger partial charge in [-0.25, -0.2) is 4.98 Å². The molecule has 0 spiro atoms. The van der Waals surface area contributed by atoms with Crippen molar-refractivity contribution in [3.63, 3.8) is 0 Å². The van der Waals surface area contributed by atoms with E-state index in [9.17, 15) is 24.2 Å². The van der Waals surface area contributed by atoms with E-state index in [-0.39, 0.29) is 28.1 Å². The summed E-state index contributed by atoms with van der Waals surface area (Å²) >= 11 is 6.37. The molecule has 16 heteroatoms. The van der Waals surface area contributed by atoms with Crippen LogP contribution in [0.5, 0.6) is 0 Å². The molecule has 5 fully saturated rings. The maximum atomic E-state index is 12.2. The molecular weight excluding hydrogens is 584 g/mol. The molecule has 3 heterocycles. The number of hydrogen-bond donors (Lipinski definition) is 6. The lowest BCUT2D eigenvalue weighted by atomic mass is 9.43. The maximum absolute atomic E-state index is 12.2. The molecule has 1 saturated heterocycles. The summed E-state index contributed by atoms with van der Waals surface area (Å²) in [5.41, 5.74) is 1.16. The third-order valence-corrected chi connectivity index (χ3v) is 13.6. The summed E-state index contributed by atoms with van der Waals surface area (Å²) in [4.78, 5) is 41.5. The van der Waals surface area contributed by atoms with Crippen LogP contribution in [0.4, 0.5) is 5.82 Å². The van der Waals surface area contributed by atoms with Crippen molar-refractivity contribution in [3.05, 3.63) is 11.6 Å². The third-order valence-electron chi connectivity index (χ3n) is 9.18. The van der Waals surface area contributed by atoms with Gasteiger partial charge in [-0.1, -0.05) is 13.8 Å². The summed E-state index contributed by atoms with van der Waals surface area (Å²) in [6.07, 6.45) is 2.55. The summed E-state index contributed by atoms with van der Waals surface area (Å²) in [5.74, 6) is -0.00112. The summed E-state index contributed by atoms with van der Waals surface area (Å²) < 4.78 is 30.8. The highest BCUT2D eigenvalue weighted by Gasteiger charge is 2.60. The average Bonchev–Trinajstić information content (AvgIpc) is 3.29. The topological polar surface area (TPSA) is 200 Å². The molecular formula is C24H36ClN5O8P2. The Morgan fingerprint density at radius 1 is 1.07 bits per heavy atom. The number of imidazole rings is 1. The lowest BCUT2D eigenvalue weighted by Crippen LogP contribution is -2.61. The predicted octanol–water partition coefficient (Wildman–Crippen LogP) is 3.06. The molecule has 3 unspecified atom stereocenters. The Morgan fingerprint density at radius 3 is 2.38 bits per heavy atom. The van der Waals surface area contributed by atoms with Crippen LogP contribution >= 0.6 is 26.6 Å². The van der Waals surface area contributed by atoms with Crippen molar-refractivity contribution in [1.82, 2.24) is 19.5 Å². The largest absolute Gasteiger partial charge is 0.388 e. The fourth-order valence-corrected chi connectivity index (χ4v) is 12.6. The van der Waals surface area contributed by atoms with Crippen LogP contribution < -0.4 is 5.32 Å². The van der Waals surface area contributed by atoms with E-state index >= 15 is 0 Å². The first-order valence-electron chi connectivity index (χ1n) is 13.5. The molecule has 5 aliphatic rings. The molecule has 0 amide bonds. The molecule has 4 bridgehead atoms. The molecule has 2 aromatic heterocycles. The number of ether oxygens (including phenoxy) is 1. The smallest absolute Gasteiger partial charge is 0.335 e. The van der Waals surface area contributed by atoms with Crippen molar-refractivity contribution < 1.29 is 38.8 Å². The zero-order valence-electron chi connectivity index (χ0n) is 22.4. The number of aliphatic hydroxyl groups excluding tert-OH is 2. The van der Waals surface area contributed by atoms with E-state index in [1.165, 1.54) is 30.2 Å². The van der Waals surface area contributed by atoms with Gasteiger partial charge in [-0.05, 0) is 73.3 Å². The maximum Gasteiger partial charge on any atom is 0.335 e. The Morgan fingerprint density at radius 2 is 1.75 bits per heavy atom. The Labute approximate surface area is 236 Å². The Bertz CT molecular complexity index is 1420. The van der Waals surface area contributed by atoms with Gasteiger partial charge >= 0.3 is 7.60 Å². The highest BCUT2D eigenvalue weighted by Crippen LogP contribution is 2.67. The van der Waals surface area contributed by atoms with Crippen LogP contribution in [0.25, 0.3) is 11.2 Å². The molecule has 1 aliphatic heterocycles. The van der Waals surface area contributed by atoms with Crippen molar-refractivity contribution >= 4 is 43.5 Å². The van der Waals surface area contributed by atoms with Gasteiger partial charge in [0.15, 0.2) is 23.2 Å². The minimum Gasteiger partial charge on any atom is -0.388 e. The van der Waals surface area contributed by atoms with E-state index < -0.39 is 51.6 Å². The highest BCUT2D eigenvalue weighted by atomic mass is 35.5. The third kappa shape index (κ3) is 5.38. The SMILES string of the molecule is C[C@]12CC3CC(Nc4nc(Cl)nc5c4ncn5[C@@H]4O[C@H](CCP(=O)(O)CP(=O)(O)O)[C@H](O)[C@@H]4O)(C1)C[C@@](C)(C3)C2. The molecule has 0 aromatic carbocycles. The monoisotopic (exact) mass is 619 g/mol. The normalized spacial score (nSPS) is 40.5. The molecule has 13 nitrogen and oxygen atoms in total. The molecule has 4 aliphatic carbocycles. The molecule has 4 saturated carbocycles. The zero-order chi connectivity index (χ0) is 28.9. The summed E-state index contributed by atoms with van der Waals surface area (Å²) in [6.45, 7) is 4.76. The summed E-state index contributed by atoms with van der Waals surface area (Å²) in [7, 11) is -8.89. The second kappa shape index (κ2) is 9.43. The van der Waals surface area contributed by atoms with Crippen molar-refractivity contribution in [2.75, 3.05) is 17.4 Å². The van der Waals surface area contributed by atoms with Crippen LogP contribution in [0.15, 0.2) is 6.33 Å². The number of fused-ring (bicyclic) bond motifs is 1. The van der Waals surface area contributed by atoms with Gasteiger partial charge in [0.1, 0.15) is 18.1 Å². The number of aliphatic hydroxyl groups is 2. The van der Waals surface area contributed by atoms with Gasteiger partial charge < -0.3 is 34.9 Å². The second-order valence-electron chi connectivity index (χ2n) is 13.4. The van der Waals surface area contributed by atoms with Gasteiger partial charge in [0.2, 0.25) is 12.7 Å². The number of hydrogen-bond acceptors (Lipinski definition) is 9. The van der Waals surface area contributed by atoms with Crippen molar-refractivity contribution in [2.24, 2.45) is 16.7 Å². The molecule has 6 N–H and O–H groups in total.